The molecule has 4 aromatic rings. The van der Waals surface area contributed by atoms with Crippen molar-refractivity contribution in [2.24, 2.45) is 0 Å². The molecule has 0 atom stereocenters. The third kappa shape index (κ3) is 3.29. The third-order valence-corrected chi connectivity index (χ3v) is 10.5. The molecule has 29 heavy (non-hydrogen) atoms. The lowest BCUT2D eigenvalue weighted by molar-refractivity contribution is 1.30. The quantitative estimate of drug-likeness (QED) is 0.218. The molecule has 0 bridgehead atoms. The number of fused-ring (bicyclic) bond motifs is 2. The molecule has 11 heteroatoms. The van der Waals surface area contributed by atoms with E-state index in [-0.39, 0.29) is 5.57 Å². The molecule has 0 unspecified atom stereocenters. The zero-order valence-electron chi connectivity index (χ0n) is 13.9. The largest absolute Gasteiger partial charge is 0.192 e. The van der Waals surface area contributed by atoms with Crippen LogP contribution in [0.2, 0.25) is 0 Å². The highest BCUT2D eigenvalue weighted by Crippen LogP contribution is 2.61. The van der Waals surface area contributed by atoms with Crippen LogP contribution in [0.3, 0.4) is 0 Å². The second kappa shape index (κ2) is 7.82. The Balaban J connectivity index is 1.89. The zero-order chi connectivity index (χ0) is 20.1. The summed E-state index contributed by atoms with van der Waals surface area (Å²) in [5.74, 6) is 0. The standard InChI is InChI=1S/C18H4Br2N4S5/c19-10-3-1-8(25-10)12-14-15(24-29-23-14)13(9-2-4-11(20)26-9)17-16(12)27-18(28-17)7(5-21)6-22/h1-4H. The Hall–Kier alpha value is -1.18. The summed E-state index contributed by atoms with van der Waals surface area (Å²) < 4.78 is 12.0. The average Bonchev–Trinajstić information content (AvgIpc) is 3.48. The van der Waals surface area contributed by atoms with Gasteiger partial charge in [0.05, 0.1) is 23.5 Å². The Morgan fingerprint density at radius 3 is 1.66 bits per heavy atom. The van der Waals surface area contributed by atoms with Crippen molar-refractivity contribution < 1.29 is 0 Å². The lowest BCUT2D eigenvalue weighted by atomic mass is 10.1. The van der Waals surface area contributed by atoms with E-state index in [2.05, 4.69) is 52.7 Å². The first-order valence-electron chi connectivity index (χ1n) is 7.84. The maximum absolute atomic E-state index is 9.41. The van der Waals surface area contributed by atoms with E-state index in [1.807, 2.05) is 24.3 Å². The van der Waals surface area contributed by atoms with Crippen LogP contribution < -0.4 is 0 Å². The summed E-state index contributed by atoms with van der Waals surface area (Å²) in [5, 5.41) is 18.8. The summed E-state index contributed by atoms with van der Waals surface area (Å²) in [5.41, 5.74) is 3.87. The van der Waals surface area contributed by atoms with Crippen molar-refractivity contribution in [1.29, 1.82) is 10.5 Å². The van der Waals surface area contributed by atoms with Gasteiger partial charge in [-0.05, 0) is 56.1 Å². The number of hydrogen-bond donors (Lipinski definition) is 0. The van der Waals surface area contributed by atoms with Crippen molar-refractivity contribution in [3.8, 4) is 33.0 Å². The highest BCUT2D eigenvalue weighted by atomic mass is 79.9. The van der Waals surface area contributed by atoms with Crippen LogP contribution in [0.15, 0.2) is 51.4 Å². The molecule has 0 saturated carbocycles. The van der Waals surface area contributed by atoms with E-state index < -0.39 is 0 Å². The van der Waals surface area contributed by atoms with Crippen LogP contribution in [-0.2, 0) is 0 Å². The molecule has 0 amide bonds. The molecule has 0 N–H and O–H groups in total. The summed E-state index contributed by atoms with van der Waals surface area (Å²) in [6, 6.07) is 12.2. The minimum atomic E-state index is 0.135. The highest BCUT2D eigenvalue weighted by molar-refractivity contribution is 9.11. The molecule has 3 aromatic heterocycles. The van der Waals surface area contributed by atoms with Crippen molar-refractivity contribution in [2.45, 2.75) is 9.79 Å². The maximum atomic E-state index is 9.41. The number of thiophene rings is 2. The topological polar surface area (TPSA) is 73.4 Å². The van der Waals surface area contributed by atoms with E-state index in [0.717, 1.165) is 49.3 Å². The Morgan fingerprint density at radius 2 is 1.28 bits per heavy atom. The normalized spacial score (nSPS) is 12.8. The molecule has 1 aliphatic heterocycles. The highest BCUT2D eigenvalue weighted by Gasteiger charge is 2.33. The van der Waals surface area contributed by atoms with Crippen LogP contribution >= 0.6 is 89.8 Å². The van der Waals surface area contributed by atoms with E-state index in [1.165, 1.54) is 35.3 Å². The van der Waals surface area contributed by atoms with Crippen LogP contribution in [0.4, 0.5) is 0 Å². The van der Waals surface area contributed by atoms with Crippen LogP contribution in [0.5, 0.6) is 0 Å². The van der Waals surface area contributed by atoms with Crippen LogP contribution in [0.1, 0.15) is 0 Å². The predicted molar refractivity (Wildman–Crippen MR) is 129 cm³/mol. The fourth-order valence-electron chi connectivity index (χ4n) is 2.93. The van der Waals surface area contributed by atoms with E-state index in [0.29, 0.717) is 4.24 Å². The SMILES string of the molecule is N#CC(C#N)=C1Sc2c(c(-c3ccc(Br)s3)c3nsnc3c2-c2ccc(Br)s2)S1. The Kier molecular flexibility index (Phi) is 5.33. The number of allylic oxidation sites excluding steroid dienone is 1. The molecule has 140 valence electrons. The third-order valence-electron chi connectivity index (χ3n) is 4.08. The first-order chi connectivity index (χ1) is 14.1. The van der Waals surface area contributed by atoms with Gasteiger partial charge in [0.15, 0.2) is 0 Å². The maximum Gasteiger partial charge on any atom is 0.150 e. The first-order valence-corrected chi connectivity index (χ1v) is 13.4. The first kappa shape index (κ1) is 19.8. The Labute approximate surface area is 202 Å². The molecular weight excluding hydrogens is 592 g/mol. The summed E-state index contributed by atoms with van der Waals surface area (Å²) in [6.45, 7) is 0. The van der Waals surface area contributed by atoms with Gasteiger partial charge in [-0.15, -0.1) is 22.7 Å². The fourth-order valence-corrected chi connectivity index (χ4v) is 9.18. The molecule has 0 spiro atoms. The van der Waals surface area contributed by atoms with Crippen LogP contribution in [0.25, 0.3) is 31.9 Å². The molecule has 4 heterocycles. The van der Waals surface area contributed by atoms with Crippen molar-refractivity contribution in [2.75, 3.05) is 0 Å². The molecule has 0 radical (unpaired) electrons. The zero-order valence-corrected chi connectivity index (χ0v) is 21.1. The number of thioether (sulfide) groups is 2. The van der Waals surface area contributed by atoms with E-state index in [4.69, 9.17) is 0 Å². The lowest BCUT2D eigenvalue weighted by Crippen LogP contribution is -1.88. The van der Waals surface area contributed by atoms with Gasteiger partial charge in [0.25, 0.3) is 0 Å². The molecule has 1 aliphatic rings. The van der Waals surface area contributed by atoms with E-state index >= 15 is 0 Å². The second-order valence-electron chi connectivity index (χ2n) is 5.67. The summed E-state index contributed by atoms with van der Waals surface area (Å²) in [4.78, 5) is 4.22. The van der Waals surface area contributed by atoms with Crippen LogP contribution in [-0.4, -0.2) is 8.75 Å². The van der Waals surface area contributed by atoms with Crippen molar-refractivity contribution in [1.82, 2.24) is 8.75 Å². The summed E-state index contributed by atoms with van der Waals surface area (Å²) in [7, 11) is 0. The van der Waals surface area contributed by atoms with Gasteiger partial charge in [-0.2, -0.15) is 19.3 Å². The molecule has 0 saturated heterocycles. The van der Waals surface area contributed by atoms with Gasteiger partial charge in [0.1, 0.15) is 28.7 Å². The number of halogens is 2. The minimum absolute atomic E-state index is 0.135. The Morgan fingerprint density at radius 1 is 0.793 bits per heavy atom. The summed E-state index contributed by atoms with van der Waals surface area (Å²) >= 11 is 14.5. The number of benzene rings is 1. The monoisotopic (exact) mass is 594 g/mol. The molecular formula is C18H4Br2N4S5. The smallest absolute Gasteiger partial charge is 0.150 e. The van der Waals surface area contributed by atoms with Gasteiger partial charge >= 0.3 is 0 Å². The number of hydrogen-bond acceptors (Lipinski definition) is 9. The fraction of sp³-hybridized carbons (Fsp3) is 0. The van der Waals surface area contributed by atoms with Gasteiger partial charge in [0.2, 0.25) is 0 Å². The van der Waals surface area contributed by atoms with Crippen molar-refractivity contribution >= 4 is 101 Å². The number of aromatic nitrogens is 2. The van der Waals surface area contributed by atoms with Crippen LogP contribution in [0, 0.1) is 22.7 Å². The van der Waals surface area contributed by atoms with Gasteiger partial charge in [-0.3, -0.25) is 0 Å². The molecule has 0 aliphatic carbocycles. The Bertz CT molecular complexity index is 1310. The number of nitrogens with zero attached hydrogens (tertiary/aromatic N) is 4. The van der Waals surface area contributed by atoms with Gasteiger partial charge in [-0.25, -0.2) is 0 Å². The molecule has 4 nitrogen and oxygen atoms in total. The van der Waals surface area contributed by atoms with Crippen molar-refractivity contribution in [3.05, 3.63) is 41.6 Å². The minimum Gasteiger partial charge on any atom is -0.192 e. The average molecular weight is 596 g/mol. The second-order valence-corrected chi connectivity index (χ2v) is 13.4. The van der Waals surface area contributed by atoms with Crippen molar-refractivity contribution in [3.63, 3.8) is 0 Å². The number of nitriles is 2. The van der Waals surface area contributed by atoms with Gasteiger partial charge in [0, 0.05) is 30.7 Å². The lowest BCUT2D eigenvalue weighted by Gasteiger charge is -2.11. The molecule has 5 rings (SSSR count). The van der Waals surface area contributed by atoms with Gasteiger partial charge in [-0.1, -0.05) is 23.5 Å². The van der Waals surface area contributed by atoms with E-state index in [1.54, 1.807) is 22.7 Å². The molecule has 0 fully saturated rings. The molecule has 1 aromatic carbocycles. The van der Waals surface area contributed by atoms with Gasteiger partial charge < -0.3 is 0 Å². The summed E-state index contributed by atoms with van der Waals surface area (Å²) in [6.07, 6.45) is 0. The van der Waals surface area contributed by atoms with E-state index in [9.17, 15) is 10.5 Å². The number of rotatable bonds is 2. The predicted octanol–water partition coefficient (Wildman–Crippen LogP) is 8.13.